The predicted molar refractivity (Wildman–Crippen MR) is 99.1 cm³/mol. The molecular weight excluding hydrogens is 320 g/mol. The number of nitrogens with one attached hydrogen (secondary N) is 1. The lowest BCUT2D eigenvalue weighted by Crippen LogP contribution is -2.41. The molecular formula is C18H24N4O3. The fraction of sp³-hybridized carbons (Fsp3) is 0.389. The zero-order valence-electron chi connectivity index (χ0n) is 14.6. The van der Waals surface area contributed by atoms with Crippen LogP contribution >= 0.6 is 0 Å². The summed E-state index contributed by atoms with van der Waals surface area (Å²) < 4.78 is 1.32. The molecule has 0 aliphatic heterocycles. The fourth-order valence-electron chi connectivity index (χ4n) is 2.65. The number of aromatic nitrogens is 2. The smallest absolute Gasteiger partial charge is 0.330 e. The molecule has 1 aromatic heterocycles. The van der Waals surface area contributed by atoms with Crippen LogP contribution in [-0.4, -0.2) is 22.0 Å². The van der Waals surface area contributed by atoms with Crippen molar-refractivity contribution in [1.82, 2.24) is 9.55 Å². The van der Waals surface area contributed by atoms with Gasteiger partial charge in [0.2, 0.25) is 0 Å². The van der Waals surface area contributed by atoms with Crippen molar-refractivity contribution in [3.05, 3.63) is 56.7 Å². The number of hydrogen-bond donors (Lipinski definition) is 2. The standard InChI is InChI=1S/C18H24N4O3/c1-3-5-12-22-15(19)14(16(23)20-18(22)25)21(11-4-2)17(24)13-9-7-6-8-10-13/h6-10H,3-5,11-12,19H2,1-2H3,(H,20,23,25). The van der Waals surface area contributed by atoms with Crippen LogP contribution in [-0.2, 0) is 6.54 Å². The van der Waals surface area contributed by atoms with Crippen LogP contribution in [0.25, 0.3) is 0 Å². The first-order chi connectivity index (χ1) is 12.0. The van der Waals surface area contributed by atoms with Crippen molar-refractivity contribution in [3.63, 3.8) is 0 Å². The molecule has 25 heavy (non-hydrogen) atoms. The van der Waals surface area contributed by atoms with Gasteiger partial charge in [0, 0.05) is 18.7 Å². The van der Waals surface area contributed by atoms with Gasteiger partial charge in [-0.3, -0.25) is 19.1 Å². The Bertz CT molecular complexity index is 840. The second-order valence-electron chi connectivity index (χ2n) is 5.82. The van der Waals surface area contributed by atoms with Crippen molar-refractivity contribution in [1.29, 1.82) is 0 Å². The number of nitrogen functional groups attached to an aromatic ring is 1. The van der Waals surface area contributed by atoms with E-state index in [1.165, 1.54) is 9.47 Å². The predicted octanol–water partition coefficient (Wildman–Crippen LogP) is 1.98. The molecule has 0 aliphatic carbocycles. The van der Waals surface area contributed by atoms with Gasteiger partial charge in [-0.2, -0.15) is 0 Å². The van der Waals surface area contributed by atoms with Gasteiger partial charge in [0.15, 0.2) is 5.69 Å². The first-order valence-corrected chi connectivity index (χ1v) is 8.50. The van der Waals surface area contributed by atoms with E-state index < -0.39 is 11.2 Å². The highest BCUT2D eigenvalue weighted by molar-refractivity contribution is 6.07. The second kappa shape index (κ2) is 8.32. The van der Waals surface area contributed by atoms with Crippen LogP contribution in [0.3, 0.4) is 0 Å². The average molecular weight is 344 g/mol. The molecule has 0 fully saturated rings. The van der Waals surface area contributed by atoms with E-state index in [2.05, 4.69) is 4.98 Å². The Hall–Kier alpha value is -2.83. The number of carbonyl (C=O) groups is 1. The third-order valence-corrected chi connectivity index (χ3v) is 3.93. The molecule has 2 rings (SSSR count). The molecule has 1 heterocycles. The third-order valence-electron chi connectivity index (χ3n) is 3.93. The maximum absolute atomic E-state index is 12.9. The molecule has 0 bridgehead atoms. The molecule has 0 radical (unpaired) electrons. The van der Waals surface area contributed by atoms with Crippen LogP contribution in [0.2, 0.25) is 0 Å². The molecule has 0 unspecified atom stereocenters. The number of benzene rings is 1. The van der Waals surface area contributed by atoms with E-state index in [-0.39, 0.29) is 17.4 Å². The Morgan fingerprint density at radius 1 is 1.16 bits per heavy atom. The van der Waals surface area contributed by atoms with Gasteiger partial charge in [0.25, 0.3) is 11.5 Å². The number of amides is 1. The van der Waals surface area contributed by atoms with Crippen LogP contribution in [0.1, 0.15) is 43.5 Å². The number of anilines is 2. The summed E-state index contributed by atoms with van der Waals surface area (Å²) >= 11 is 0. The highest BCUT2D eigenvalue weighted by atomic mass is 16.2. The van der Waals surface area contributed by atoms with E-state index in [1.807, 2.05) is 19.9 Å². The number of rotatable bonds is 7. The summed E-state index contributed by atoms with van der Waals surface area (Å²) in [6.45, 7) is 4.62. The lowest BCUT2D eigenvalue weighted by molar-refractivity contribution is 0.0986. The minimum Gasteiger partial charge on any atom is -0.383 e. The van der Waals surface area contributed by atoms with Crippen molar-refractivity contribution in [2.75, 3.05) is 17.2 Å². The Balaban J connectivity index is 2.56. The molecule has 0 atom stereocenters. The quantitative estimate of drug-likeness (QED) is 0.802. The molecule has 3 N–H and O–H groups in total. The van der Waals surface area contributed by atoms with Crippen molar-refractivity contribution in [2.24, 2.45) is 0 Å². The van der Waals surface area contributed by atoms with E-state index in [0.717, 1.165) is 12.8 Å². The van der Waals surface area contributed by atoms with Crippen LogP contribution in [0.4, 0.5) is 11.5 Å². The maximum Gasteiger partial charge on any atom is 0.330 e. The van der Waals surface area contributed by atoms with Crippen LogP contribution in [0, 0.1) is 0 Å². The first kappa shape index (κ1) is 18.5. The van der Waals surface area contributed by atoms with Crippen molar-refractivity contribution >= 4 is 17.4 Å². The third kappa shape index (κ3) is 3.99. The summed E-state index contributed by atoms with van der Waals surface area (Å²) in [5, 5.41) is 0. The summed E-state index contributed by atoms with van der Waals surface area (Å²) in [5.41, 5.74) is 5.42. The Kier molecular flexibility index (Phi) is 6.16. The van der Waals surface area contributed by atoms with E-state index in [0.29, 0.717) is 25.1 Å². The number of hydrogen-bond acceptors (Lipinski definition) is 4. The summed E-state index contributed by atoms with van der Waals surface area (Å²) in [5.74, 6) is -0.291. The summed E-state index contributed by atoms with van der Waals surface area (Å²) in [6.07, 6.45) is 2.27. The summed E-state index contributed by atoms with van der Waals surface area (Å²) in [7, 11) is 0. The van der Waals surface area contributed by atoms with Crippen LogP contribution in [0.5, 0.6) is 0 Å². The van der Waals surface area contributed by atoms with E-state index in [4.69, 9.17) is 5.73 Å². The van der Waals surface area contributed by atoms with E-state index >= 15 is 0 Å². The zero-order chi connectivity index (χ0) is 18.4. The SMILES string of the molecule is CCCCn1c(N)c(N(CCC)C(=O)c2ccccc2)c(=O)[nH]c1=O. The number of unbranched alkanes of at least 4 members (excludes halogenated alkanes) is 1. The Morgan fingerprint density at radius 2 is 1.84 bits per heavy atom. The van der Waals surface area contributed by atoms with Gasteiger partial charge in [-0.05, 0) is 25.0 Å². The largest absolute Gasteiger partial charge is 0.383 e. The monoisotopic (exact) mass is 344 g/mol. The lowest BCUT2D eigenvalue weighted by Gasteiger charge is -2.24. The molecule has 0 aliphatic rings. The molecule has 7 heteroatoms. The Morgan fingerprint density at radius 3 is 2.44 bits per heavy atom. The van der Waals surface area contributed by atoms with Crippen molar-refractivity contribution in [2.45, 2.75) is 39.7 Å². The molecule has 0 saturated carbocycles. The number of nitrogens with zero attached hydrogens (tertiary/aromatic N) is 2. The van der Waals surface area contributed by atoms with Crippen LogP contribution in [0.15, 0.2) is 39.9 Å². The number of H-pyrrole nitrogens is 1. The summed E-state index contributed by atoms with van der Waals surface area (Å²) in [4.78, 5) is 41.0. The normalized spacial score (nSPS) is 10.6. The molecule has 0 saturated heterocycles. The second-order valence-corrected chi connectivity index (χ2v) is 5.82. The van der Waals surface area contributed by atoms with Gasteiger partial charge >= 0.3 is 5.69 Å². The van der Waals surface area contributed by atoms with E-state index in [1.54, 1.807) is 24.3 Å². The van der Waals surface area contributed by atoms with Crippen molar-refractivity contribution in [3.8, 4) is 0 Å². The van der Waals surface area contributed by atoms with Gasteiger partial charge in [0.05, 0.1) is 0 Å². The van der Waals surface area contributed by atoms with Gasteiger partial charge in [0.1, 0.15) is 5.82 Å². The lowest BCUT2D eigenvalue weighted by atomic mass is 10.2. The highest BCUT2D eigenvalue weighted by Gasteiger charge is 2.24. The molecule has 134 valence electrons. The number of nitrogens with two attached hydrogens (primary N) is 1. The molecule has 1 amide bonds. The summed E-state index contributed by atoms with van der Waals surface area (Å²) in [6, 6.07) is 8.69. The van der Waals surface area contributed by atoms with Gasteiger partial charge < -0.3 is 10.6 Å². The number of carbonyl (C=O) groups excluding carboxylic acids is 1. The molecule has 7 nitrogen and oxygen atoms in total. The average Bonchev–Trinajstić information content (AvgIpc) is 2.60. The highest BCUT2D eigenvalue weighted by Crippen LogP contribution is 2.20. The topological polar surface area (TPSA) is 101 Å². The fourth-order valence-corrected chi connectivity index (χ4v) is 2.65. The van der Waals surface area contributed by atoms with Crippen molar-refractivity contribution < 1.29 is 4.79 Å². The molecule has 0 spiro atoms. The van der Waals surface area contributed by atoms with Crippen LogP contribution < -0.4 is 21.9 Å². The zero-order valence-corrected chi connectivity index (χ0v) is 14.6. The number of aromatic amines is 1. The minimum absolute atomic E-state index is 0.0277. The van der Waals surface area contributed by atoms with Gasteiger partial charge in [-0.25, -0.2) is 4.79 Å². The van der Waals surface area contributed by atoms with Gasteiger partial charge in [-0.1, -0.05) is 38.5 Å². The molecule has 2 aromatic rings. The Labute approximate surface area is 146 Å². The minimum atomic E-state index is -0.645. The van der Waals surface area contributed by atoms with Gasteiger partial charge in [-0.15, -0.1) is 0 Å². The van der Waals surface area contributed by atoms with E-state index in [9.17, 15) is 14.4 Å². The molecule has 1 aromatic carbocycles. The first-order valence-electron chi connectivity index (χ1n) is 8.50. The maximum atomic E-state index is 12.9.